The molecule has 1 aliphatic rings. The van der Waals surface area contributed by atoms with Gasteiger partial charge in [0.1, 0.15) is 0 Å². The number of hydrogen-bond donors (Lipinski definition) is 1. The van der Waals surface area contributed by atoms with E-state index in [0.717, 1.165) is 36.2 Å². The third-order valence-corrected chi connectivity index (χ3v) is 4.75. The fourth-order valence-electron chi connectivity index (χ4n) is 2.30. The molecule has 106 valence electrons. The van der Waals surface area contributed by atoms with Crippen LogP contribution in [0.25, 0.3) is 0 Å². The molecule has 0 aliphatic heterocycles. The fraction of sp³-hybridized carbons (Fsp3) is 0.692. The lowest BCUT2D eigenvalue weighted by atomic mass is 10.3. The molecule has 2 N–H and O–H groups in total. The Hall–Kier alpha value is -0.460. The summed E-state index contributed by atoms with van der Waals surface area (Å²) in [7, 11) is 0. The third kappa shape index (κ3) is 3.77. The Morgan fingerprint density at radius 1 is 1.58 bits per heavy atom. The van der Waals surface area contributed by atoms with Gasteiger partial charge in [-0.1, -0.05) is 12.2 Å². The normalized spacial score (nSPS) is 15.2. The molecule has 1 aromatic heterocycles. The van der Waals surface area contributed by atoms with Gasteiger partial charge in [-0.25, -0.2) is 0 Å². The summed E-state index contributed by atoms with van der Waals surface area (Å²) in [5.41, 5.74) is 7.94. The summed E-state index contributed by atoms with van der Waals surface area (Å²) in [6.45, 7) is 6.92. The van der Waals surface area contributed by atoms with Gasteiger partial charge in [0.2, 0.25) is 0 Å². The molecule has 0 atom stereocenters. The Kier molecular flexibility index (Phi) is 4.97. The highest BCUT2D eigenvalue weighted by Crippen LogP contribution is 2.30. The number of halogens is 1. The number of nitrogens with two attached hydrogens (primary N) is 1. The van der Waals surface area contributed by atoms with Crippen molar-refractivity contribution in [1.29, 1.82) is 0 Å². The van der Waals surface area contributed by atoms with Crippen LogP contribution in [0.15, 0.2) is 4.47 Å². The van der Waals surface area contributed by atoms with E-state index >= 15 is 0 Å². The molecule has 1 heterocycles. The molecule has 0 bridgehead atoms. The zero-order valence-corrected chi connectivity index (χ0v) is 13.9. The zero-order valence-electron chi connectivity index (χ0n) is 11.5. The van der Waals surface area contributed by atoms with Crippen molar-refractivity contribution in [2.75, 3.05) is 6.54 Å². The largest absolute Gasteiger partial charge is 0.393 e. The van der Waals surface area contributed by atoms with Crippen molar-refractivity contribution in [3.63, 3.8) is 0 Å². The summed E-state index contributed by atoms with van der Waals surface area (Å²) in [5, 5.41) is 4.55. The number of aromatic nitrogens is 2. The van der Waals surface area contributed by atoms with E-state index in [4.69, 9.17) is 18.0 Å². The standard InChI is InChI=1S/C13H21BrN4S/c1-3-18-11(13(14)9(2)16-18)8-17(10-4-5-10)7-6-12(15)19/h10H,3-8H2,1-2H3,(H2,15,19). The minimum Gasteiger partial charge on any atom is -0.393 e. The van der Waals surface area contributed by atoms with Crippen LogP contribution < -0.4 is 5.73 Å². The van der Waals surface area contributed by atoms with E-state index in [1.807, 2.05) is 6.92 Å². The molecular weight excluding hydrogens is 324 g/mol. The van der Waals surface area contributed by atoms with Crippen LogP contribution >= 0.6 is 28.1 Å². The molecule has 0 unspecified atom stereocenters. The Bertz CT molecular complexity index is 467. The lowest BCUT2D eigenvalue weighted by Crippen LogP contribution is -2.30. The molecule has 1 aliphatic carbocycles. The molecule has 0 aromatic carbocycles. The van der Waals surface area contributed by atoms with Gasteiger partial charge >= 0.3 is 0 Å². The average molecular weight is 345 g/mol. The smallest absolute Gasteiger partial charge is 0.0740 e. The summed E-state index contributed by atoms with van der Waals surface area (Å²) < 4.78 is 3.21. The Balaban J connectivity index is 2.10. The quantitative estimate of drug-likeness (QED) is 0.772. The second-order valence-electron chi connectivity index (χ2n) is 5.08. The molecular formula is C13H21BrN4S. The molecule has 4 nitrogen and oxygen atoms in total. The van der Waals surface area contributed by atoms with Crippen LogP contribution in [-0.4, -0.2) is 32.3 Å². The first-order valence-corrected chi connectivity index (χ1v) is 7.97. The number of aryl methyl sites for hydroxylation is 2. The van der Waals surface area contributed by atoms with Crippen molar-refractivity contribution >= 4 is 33.1 Å². The van der Waals surface area contributed by atoms with Crippen LogP contribution in [0.1, 0.15) is 37.6 Å². The molecule has 0 spiro atoms. The zero-order chi connectivity index (χ0) is 14.0. The van der Waals surface area contributed by atoms with E-state index in [0.29, 0.717) is 11.0 Å². The van der Waals surface area contributed by atoms with Crippen molar-refractivity contribution in [2.24, 2.45) is 5.73 Å². The number of thiocarbonyl (C=S) groups is 1. The molecule has 1 aromatic rings. The summed E-state index contributed by atoms with van der Waals surface area (Å²) >= 11 is 8.65. The van der Waals surface area contributed by atoms with E-state index in [2.05, 4.69) is 37.5 Å². The van der Waals surface area contributed by atoms with Crippen LogP contribution in [0.2, 0.25) is 0 Å². The van der Waals surface area contributed by atoms with E-state index in [-0.39, 0.29) is 0 Å². The van der Waals surface area contributed by atoms with Gasteiger partial charge in [-0.2, -0.15) is 5.10 Å². The van der Waals surface area contributed by atoms with Gasteiger partial charge in [0.15, 0.2) is 0 Å². The summed E-state index contributed by atoms with van der Waals surface area (Å²) in [6, 6.07) is 0.696. The molecule has 1 saturated carbocycles. The monoisotopic (exact) mass is 344 g/mol. The highest BCUT2D eigenvalue weighted by atomic mass is 79.9. The minimum atomic E-state index is 0.602. The number of hydrogen-bond acceptors (Lipinski definition) is 3. The summed E-state index contributed by atoms with van der Waals surface area (Å²) in [6.07, 6.45) is 3.37. The van der Waals surface area contributed by atoms with Gasteiger partial charge in [-0.15, -0.1) is 0 Å². The molecule has 6 heteroatoms. The molecule has 2 rings (SSSR count). The highest BCUT2D eigenvalue weighted by Gasteiger charge is 2.30. The van der Waals surface area contributed by atoms with Crippen LogP contribution in [0.4, 0.5) is 0 Å². The van der Waals surface area contributed by atoms with Crippen LogP contribution in [0.5, 0.6) is 0 Å². The lowest BCUT2D eigenvalue weighted by molar-refractivity contribution is 0.254. The summed E-state index contributed by atoms with van der Waals surface area (Å²) in [4.78, 5) is 3.08. The van der Waals surface area contributed by atoms with Crippen LogP contribution in [0.3, 0.4) is 0 Å². The second-order valence-corrected chi connectivity index (χ2v) is 6.40. The van der Waals surface area contributed by atoms with Crippen molar-refractivity contribution < 1.29 is 0 Å². The minimum absolute atomic E-state index is 0.602. The molecule has 19 heavy (non-hydrogen) atoms. The molecule has 1 fully saturated rings. The van der Waals surface area contributed by atoms with Crippen molar-refractivity contribution in [1.82, 2.24) is 14.7 Å². The number of nitrogens with zero attached hydrogens (tertiary/aromatic N) is 3. The third-order valence-electron chi connectivity index (χ3n) is 3.51. The maximum absolute atomic E-state index is 5.62. The van der Waals surface area contributed by atoms with Crippen LogP contribution in [0, 0.1) is 6.92 Å². The maximum Gasteiger partial charge on any atom is 0.0740 e. The van der Waals surface area contributed by atoms with Crippen LogP contribution in [-0.2, 0) is 13.1 Å². The molecule has 0 amide bonds. The van der Waals surface area contributed by atoms with Gasteiger partial charge in [0.25, 0.3) is 0 Å². The number of rotatable bonds is 7. The maximum atomic E-state index is 5.62. The first-order valence-electron chi connectivity index (χ1n) is 6.77. The Labute approximate surface area is 128 Å². The van der Waals surface area contributed by atoms with Crippen molar-refractivity contribution in [2.45, 2.75) is 52.2 Å². The predicted molar refractivity (Wildman–Crippen MR) is 85.2 cm³/mol. The Morgan fingerprint density at radius 3 is 2.79 bits per heavy atom. The predicted octanol–water partition coefficient (Wildman–Crippen LogP) is 2.61. The van der Waals surface area contributed by atoms with E-state index < -0.39 is 0 Å². The lowest BCUT2D eigenvalue weighted by Gasteiger charge is -2.22. The highest BCUT2D eigenvalue weighted by molar-refractivity contribution is 9.10. The SMILES string of the molecule is CCn1nc(C)c(Br)c1CN(CCC(N)=S)C1CC1. The first-order chi connectivity index (χ1) is 9.02. The van der Waals surface area contributed by atoms with Gasteiger partial charge in [-0.05, 0) is 42.6 Å². The second kappa shape index (κ2) is 6.33. The first kappa shape index (κ1) is 14.9. The molecule has 0 radical (unpaired) electrons. The van der Waals surface area contributed by atoms with Gasteiger partial charge < -0.3 is 5.73 Å². The van der Waals surface area contributed by atoms with Crippen molar-refractivity contribution in [3.05, 3.63) is 15.9 Å². The summed E-state index contributed by atoms with van der Waals surface area (Å²) in [5.74, 6) is 0. The average Bonchev–Trinajstić information content (AvgIpc) is 3.16. The van der Waals surface area contributed by atoms with E-state index in [9.17, 15) is 0 Å². The van der Waals surface area contributed by atoms with Gasteiger partial charge in [0.05, 0.1) is 20.8 Å². The fourth-order valence-corrected chi connectivity index (χ4v) is 2.80. The van der Waals surface area contributed by atoms with Gasteiger partial charge in [0, 0.05) is 32.1 Å². The van der Waals surface area contributed by atoms with E-state index in [1.54, 1.807) is 0 Å². The topological polar surface area (TPSA) is 47.1 Å². The Morgan fingerprint density at radius 2 is 2.26 bits per heavy atom. The van der Waals surface area contributed by atoms with Crippen molar-refractivity contribution in [3.8, 4) is 0 Å². The van der Waals surface area contributed by atoms with E-state index in [1.165, 1.54) is 18.5 Å². The van der Waals surface area contributed by atoms with Gasteiger partial charge in [-0.3, -0.25) is 9.58 Å². The molecule has 0 saturated heterocycles.